The minimum Gasteiger partial charge on any atom is -0.497 e. The van der Waals surface area contributed by atoms with Crippen molar-refractivity contribution in [3.8, 4) is 5.75 Å². The van der Waals surface area contributed by atoms with Gasteiger partial charge in [-0.1, -0.05) is 19.1 Å². The predicted molar refractivity (Wildman–Crippen MR) is 82.2 cm³/mol. The van der Waals surface area contributed by atoms with Crippen LogP contribution in [0.25, 0.3) is 0 Å². The van der Waals surface area contributed by atoms with Gasteiger partial charge in [0, 0.05) is 18.0 Å². The summed E-state index contributed by atoms with van der Waals surface area (Å²) in [6.07, 6.45) is 3.35. The largest absolute Gasteiger partial charge is 0.497 e. The van der Waals surface area contributed by atoms with E-state index in [9.17, 15) is 0 Å². The van der Waals surface area contributed by atoms with Gasteiger partial charge in [-0.15, -0.1) is 11.8 Å². The van der Waals surface area contributed by atoms with Gasteiger partial charge in [0.1, 0.15) is 12.1 Å². The zero-order valence-electron chi connectivity index (χ0n) is 11.7. The predicted octanol–water partition coefficient (Wildman–Crippen LogP) is 2.93. The summed E-state index contributed by atoms with van der Waals surface area (Å²) in [6.45, 7) is 3.04. The number of thioether (sulfide) groups is 1. The second-order valence-electron chi connectivity index (χ2n) is 4.25. The van der Waals surface area contributed by atoms with Gasteiger partial charge in [-0.25, -0.2) is 9.97 Å². The van der Waals surface area contributed by atoms with Crippen LogP contribution in [0.1, 0.15) is 18.5 Å². The molecule has 0 amide bonds. The maximum atomic E-state index is 5.29. The summed E-state index contributed by atoms with van der Waals surface area (Å²) in [5.74, 6) is 1.80. The van der Waals surface area contributed by atoms with Crippen molar-refractivity contribution in [3.63, 3.8) is 0 Å². The summed E-state index contributed by atoms with van der Waals surface area (Å²) >= 11 is 1.72. The van der Waals surface area contributed by atoms with Gasteiger partial charge >= 0.3 is 0 Å². The molecule has 0 bridgehead atoms. The summed E-state index contributed by atoms with van der Waals surface area (Å²) in [5.41, 5.74) is 1.23. The summed E-state index contributed by atoms with van der Waals surface area (Å²) in [7, 11) is 1.69. The topological polar surface area (TPSA) is 47.0 Å². The van der Waals surface area contributed by atoms with Crippen LogP contribution in [0.5, 0.6) is 5.75 Å². The number of ether oxygens (including phenoxy) is 1. The number of nitrogens with zero attached hydrogens (tertiary/aromatic N) is 2. The zero-order valence-corrected chi connectivity index (χ0v) is 12.6. The first kappa shape index (κ1) is 14.8. The van der Waals surface area contributed by atoms with Crippen molar-refractivity contribution in [2.45, 2.75) is 18.0 Å². The minimum absolute atomic E-state index is 0.273. The molecular formula is C15H19N3OS. The van der Waals surface area contributed by atoms with Crippen molar-refractivity contribution in [2.24, 2.45) is 0 Å². The summed E-state index contributed by atoms with van der Waals surface area (Å²) in [4.78, 5) is 8.17. The molecule has 1 atom stereocenters. The SMILES string of the molecule is CCNC(CSc1ccncn1)c1cccc(OC)c1. The van der Waals surface area contributed by atoms with Crippen LogP contribution in [-0.4, -0.2) is 29.4 Å². The third kappa shape index (κ3) is 4.21. The highest BCUT2D eigenvalue weighted by molar-refractivity contribution is 7.99. The van der Waals surface area contributed by atoms with Crippen LogP contribution in [0, 0.1) is 0 Å². The van der Waals surface area contributed by atoms with Crippen molar-refractivity contribution in [1.82, 2.24) is 15.3 Å². The van der Waals surface area contributed by atoms with E-state index >= 15 is 0 Å². The molecular weight excluding hydrogens is 270 g/mol. The molecule has 0 aliphatic rings. The molecule has 0 saturated heterocycles. The van der Waals surface area contributed by atoms with Gasteiger partial charge in [0.25, 0.3) is 0 Å². The number of rotatable bonds is 7. The van der Waals surface area contributed by atoms with Crippen LogP contribution < -0.4 is 10.1 Å². The van der Waals surface area contributed by atoms with Gasteiger partial charge in [0.2, 0.25) is 0 Å². The Morgan fingerprint density at radius 3 is 2.95 bits per heavy atom. The number of benzene rings is 1. The Balaban J connectivity index is 2.06. The standard InChI is InChI=1S/C15H19N3OS/c1-3-17-14(10-20-15-7-8-16-11-18-15)12-5-4-6-13(9-12)19-2/h4-9,11,14,17H,3,10H2,1-2H3. The lowest BCUT2D eigenvalue weighted by Gasteiger charge is -2.18. The summed E-state index contributed by atoms with van der Waals surface area (Å²) in [5, 5.41) is 4.49. The molecule has 1 N–H and O–H groups in total. The number of aromatic nitrogens is 2. The molecule has 1 heterocycles. The highest BCUT2D eigenvalue weighted by atomic mass is 32.2. The molecule has 0 aliphatic carbocycles. The van der Waals surface area contributed by atoms with Crippen molar-refractivity contribution in [3.05, 3.63) is 48.4 Å². The first-order chi connectivity index (χ1) is 9.83. The molecule has 1 aromatic carbocycles. The fourth-order valence-electron chi connectivity index (χ4n) is 1.91. The lowest BCUT2D eigenvalue weighted by atomic mass is 10.1. The lowest BCUT2D eigenvalue weighted by molar-refractivity contribution is 0.413. The van der Waals surface area contributed by atoms with Crippen LogP contribution >= 0.6 is 11.8 Å². The van der Waals surface area contributed by atoms with Crippen molar-refractivity contribution >= 4 is 11.8 Å². The Hall–Kier alpha value is -1.59. The summed E-state index contributed by atoms with van der Waals surface area (Å²) in [6, 6.07) is 10.4. The Kier molecular flexibility index (Phi) is 5.83. The Bertz CT molecular complexity index is 522. The van der Waals surface area contributed by atoms with E-state index in [4.69, 9.17) is 4.74 Å². The fourth-order valence-corrected chi connectivity index (χ4v) is 2.84. The molecule has 106 valence electrons. The second kappa shape index (κ2) is 7.87. The molecule has 0 fully saturated rings. The third-order valence-electron chi connectivity index (χ3n) is 2.90. The van der Waals surface area contributed by atoms with Crippen molar-refractivity contribution in [1.29, 1.82) is 0 Å². The van der Waals surface area contributed by atoms with Crippen LogP contribution in [0.2, 0.25) is 0 Å². The second-order valence-corrected chi connectivity index (χ2v) is 5.29. The molecule has 2 aromatic rings. The van der Waals surface area contributed by atoms with Gasteiger partial charge in [-0.05, 0) is 30.3 Å². The molecule has 0 spiro atoms. The molecule has 2 rings (SSSR count). The molecule has 1 aromatic heterocycles. The van der Waals surface area contributed by atoms with Crippen LogP contribution in [0.4, 0.5) is 0 Å². The molecule has 0 aliphatic heterocycles. The Morgan fingerprint density at radius 2 is 2.25 bits per heavy atom. The maximum absolute atomic E-state index is 5.29. The molecule has 5 heteroatoms. The van der Waals surface area contributed by atoms with Gasteiger partial charge in [0.05, 0.1) is 12.1 Å². The number of methoxy groups -OCH3 is 1. The third-order valence-corrected chi connectivity index (χ3v) is 3.94. The molecule has 1 unspecified atom stereocenters. The van der Waals surface area contributed by atoms with Gasteiger partial charge in [-0.3, -0.25) is 0 Å². The Labute approximate surface area is 124 Å². The zero-order chi connectivity index (χ0) is 14.2. The first-order valence-electron chi connectivity index (χ1n) is 6.59. The van der Waals surface area contributed by atoms with Crippen LogP contribution in [0.15, 0.2) is 47.9 Å². The van der Waals surface area contributed by atoms with Gasteiger partial charge in [0.15, 0.2) is 0 Å². The van der Waals surface area contributed by atoms with Crippen LogP contribution in [0.3, 0.4) is 0 Å². The van der Waals surface area contributed by atoms with E-state index in [2.05, 4.69) is 34.3 Å². The number of hydrogen-bond donors (Lipinski definition) is 1. The first-order valence-corrected chi connectivity index (χ1v) is 7.58. The minimum atomic E-state index is 0.273. The van der Waals surface area contributed by atoms with Crippen molar-refractivity contribution in [2.75, 3.05) is 19.4 Å². The average Bonchev–Trinajstić information content (AvgIpc) is 2.52. The van der Waals surface area contributed by atoms with E-state index in [0.717, 1.165) is 23.1 Å². The average molecular weight is 289 g/mol. The van der Waals surface area contributed by atoms with E-state index in [1.165, 1.54) is 5.56 Å². The number of hydrogen-bond acceptors (Lipinski definition) is 5. The molecule has 4 nitrogen and oxygen atoms in total. The normalized spacial score (nSPS) is 12.1. The van der Waals surface area contributed by atoms with E-state index in [1.807, 2.05) is 18.2 Å². The van der Waals surface area contributed by atoms with Crippen LogP contribution in [-0.2, 0) is 0 Å². The lowest BCUT2D eigenvalue weighted by Crippen LogP contribution is -2.23. The van der Waals surface area contributed by atoms with E-state index < -0.39 is 0 Å². The number of nitrogens with one attached hydrogen (secondary N) is 1. The van der Waals surface area contributed by atoms with E-state index in [0.29, 0.717) is 0 Å². The smallest absolute Gasteiger partial charge is 0.119 e. The highest BCUT2D eigenvalue weighted by Crippen LogP contribution is 2.25. The monoisotopic (exact) mass is 289 g/mol. The van der Waals surface area contributed by atoms with Gasteiger partial charge in [-0.2, -0.15) is 0 Å². The molecule has 0 radical (unpaired) electrons. The molecule has 20 heavy (non-hydrogen) atoms. The van der Waals surface area contributed by atoms with Crippen molar-refractivity contribution < 1.29 is 4.74 Å². The van der Waals surface area contributed by atoms with E-state index in [1.54, 1.807) is 31.4 Å². The quantitative estimate of drug-likeness (QED) is 0.627. The summed E-state index contributed by atoms with van der Waals surface area (Å²) < 4.78 is 5.29. The Morgan fingerprint density at radius 1 is 1.35 bits per heavy atom. The highest BCUT2D eigenvalue weighted by Gasteiger charge is 2.12. The fraction of sp³-hybridized carbons (Fsp3) is 0.333. The maximum Gasteiger partial charge on any atom is 0.119 e. The van der Waals surface area contributed by atoms with E-state index in [-0.39, 0.29) is 6.04 Å². The molecule has 0 saturated carbocycles. The van der Waals surface area contributed by atoms with Gasteiger partial charge < -0.3 is 10.1 Å².